The molecule has 0 aromatic heterocycles. The molecule has 0 spiro atoms. The highest BCUT2D eigenvalue weighted by molar-refractivity contribution is 9.11. The maximum atomic E-state index is 3.40. The maximum Gasteiger partial charge on any atom is 0.0290 e. The Morgan fingerprint density at radius 3 is 2.25 bits per heavy atom. The average Bonchev–Trinajstić information content (AvgIpc) is 1.65. The summed E-state index contributed by atoms with van der Waals surface area (Å²) in [6, 6.07) is 0. The molecule has 1 nitrogen and oxygen atoms in total. The zero-order valence-electron chi connectivity index (χ0n) is 5.61. The van der Waals surface area contributed by atoms with Gasteiger partial charge in [0.2, 0.25) is 0 Å². The molecule has 0 aliphatic heterocycles. The molecule has 0 aliphatic rings. The zero-order valence-corrected chi connectivity index (χ0v) is 7.20. The molecule has 0 rings (SSSR count). The summed E-state index contributed by atoms with van der Waals surface area (Å²) in [6.45, 7) is 3.02. The summed E-state index contributed by atoms with van der Waals surface area (Å²) in [5.41, 5.74) is 0. The first-order chi connectivity index (χ1) is 3.66. The van der Waals surface area contributed by atoms with Gasteiger partial charge in [-0.15, -0.1) is 0 Å². The molecule has 0 saturated carbocycles. The van der Waals surface area contributed by atoms with E-state index < -0.39 is 0 Å². The Bertz CT molecular complexity index is 86.5. The highest BCUT2D eigenvalue weighted by atomic mass is 79.9. The van der Waals surface area contributed by atoms with E-state index in [1.807, 2.05) is 21.0 Å². The highest BCUT2D eigenvalue weighted by Gasteiger charge is 1.89. The van der Waals surface area contributed by atoms with Gasteiger partial charge < -0.3 is 4.90 Å². The van der Waals surface area contributed by atoms with Crippen molar-refractivity contribution in [2.75, 3.05) is 20.6 Å². The van der Waals surface area contributed by atoms with Crippen molar-refractivity contribution in [1.82, 2.24) is 4.90 Å². The molecule has 48 valence electrons. The summed E-state index contributed by atoms with van der Waals surface area (Å²) in [6.07, 6.45) is 2.06. The Labute approximate surface area is 59.5 Å². The average molecular weight is 178 g/mol. The maximum absolute atomic E-state index is 3.40. The SMILES string of the molecule is CC=C(Br)CN(C)C. The van der Waals surface area contributed by atoms with E-state index in [-0.39, 0.29) is 0 Å². The van der Waals surface area contributed by atoms with Crippen molar-refractivity contribution < 1.29 is 0 Å². The van der Waals surface area contributed by atoms with Crippen LogP contribution in [0.5, 0.6) is 0 Å². The lowest BCUT2D eigenvalue weighted by atomic mass is 10.5. The normalized spacial score (nSPS) is 12.9. The summed E-state index contributed by atoms with van der Waals surface area (Å²) in [5.74, 6) is 0. The van der Waals surface area contributed by atoms with Gasteiger partial charge in [-0.1, -0.05) is 22.0 Å². The Hall–Kier alpha value is 0.180. The van der Waals surface area contributed by atoms with Crippen LogP contribution in [0.4, 0.5) is 0 Å². The third kappa shape index (κ3) is 4.34. The molecule has 0 atom stereocenters. The van der Waals surface area contributed by atoms with Crippen molar-refractivity contribution in [3.63, 3.8) is 0 Å². The largest absolute Gasteiger partial charge is 0.305 e. The molecule has 0 aromatic rings. The fourth-order valence-electron chi connectivity index (χ4n) is 0.393. The first-order valence-corrected chi connectivity index (χ1v) is 3.41. The predicted octanol–water partition coefficient (Wildman–Crippen LogP) is 1.85. The van der Waals surface area contributed by atoms with Crippen LogP contribution in [-0.2, 0) is 0 Å². The molecular formula is C6H12BrN. The molecule has 0 heterocycles. The van der Waals surface area contributed by atoms with Crippen LogP contribution in [-0.4, -0.2) is 25.5 Å². The van der Waals surface area contributed by atoms with Crippen LogP contribution in [0.2, 0.25) is 0 Å². The van der Waals surface area contributed by atoms with Crippen molar-refractivity contribution in [1.29, 1.82) is 0 Å². The van der Waals surface area contributed by atoms with Crippen LogP contribution in [0.3, 0.4) is 0 Å². The Morgan fingerprint density at radius 2 is 2.12 bits per heavy atom. The van der Waals surface area contributed by atoms with Crippen molar-refractivity contribution in [3.05, 3.63) is 10.6 Å². The molecule has 0 unspecified atom stereocenters. The van der Waals surface area contributed by atoms with Gasteiger partial charge in [-0.3, -0.25) is 0 Å². The lowest BCUT2D eigenvalue weighted by Gasteiger charge is -2.06. The Kier molecular flexibility index (Phi) is 4.19. The van der Waals surface area contributed by atoms with Crippen LogP contribution >= 0.6 is 15.9 Å². The quantitative estimate of drug-likeness (QED) is 0.623. The lowest BCUT2D eigenvalue weighted by molar-refractivity contribution is 0.454. The molecular weight excluding hydrogens is 166 g/mol. The van der Waals surface area contributed by atoms with Gasteiger partial charge in [-0.2, -0.15) is 0 Å². The standard InChI is InChI=1S/C6H12BrN/c1-4-6(7)5-8(2)3/h4H,5H2,1-3H3. The number of rotatable bonds is 2. The third-order valence-corrected chi connectivity index (χ3v) is 1.49. The van der Waals surface area contributed by atoms with Gasteiger partial charge in [0.05, 0.1) is 0 Å². The molecule has 0 aliphatic carbocycles. The minimum absolute atomic E-state index is 0.997. The monoisotopic (exact) mass is 177 g/mol. The summed E-state index contributed by atoms with van der Waals surface area (Å²) >= 11 is 3.40. The van der Waals surface area contributed by atoms with E-state index in [1.165, 1.54) is 4.48 Å². The third-order valence-electron chi connectivity index (χ3n) is 0.781. The van der Waals surface area contributed by atoms with Gasteiger partial charge in [0, 0.05) is 11.0 Å². The van der Waals surface area contributed by atoms with E-state index in [2.05, 4.69) is 26.9 Å². The highest BCUT2D eigenvalue weighted by Crippen LogP contribution is 2.03. The smallest absolute Gasteiger partial charge is 0.0290 e. The minimum atomic E-state index is 0.997. The number of hydrogen-bond acceptors (Lipinski definition) is 1. The number of allylic oxidation sites excluding steroid dienone is 1. The van der Waals surface area contributed by atoms with E-state index in [0.29, 0.717) is 0 Å². The Morgan fingerprint density at radius 1 is 1.62 bits per heavy atom. The molecule has 0 radical (unpaired) electrons. The van der Waals surface area contributed by atoms with Gasteiger partial charge >= 0.3 is 0 Å². The van der Waals surface area contributed by atoms with E-state index in [0.717, 1.165) is 6.54 Å². The van der Waals surface area contributed by atoms with Crippen molar-refractivity contribution in [2.45, 2.75) is 6.92 Å². The van der Waals surface area contributed by atoms with E-state index in [4.69, 9.17) is 0 Å². The fourth-order valence-corrected chi connectivity index (χ4v) is 0.895. The molecule has 0 saturated heterocycles. The number of likely N-dealkylation sites (N-methyl/N-ethyl adjacent to an activating group) is 1. The molecule has 0 aromatic carbocycles. The van der Waals surface area contributed by atoms with Gasteiger partial charge in [-0.25, -0.2) is 0 Å². The molecule has 8 heavy (non-hydrogen) atoms. The van der Waals surface area contributed by atoms with Crippen LogP contribution in [0.1, 0.15) is 6.92 Å². The van der Waals surface area contributed by atoms with Crippen LogP contribution in [0.15, 0.2) is 10.6 Å². The van der Waals surface area contributed by atoms with Crippen LogP contribution in [0, 0.1) is 0 Å². The summed E-state index contributed by atoms with van der Waals surface area (Å²) in [7, 11) is 4.09. The summed E-state index contributed by atoms with van der Waals surface area (Å²) < 4.78 is 1.24. The second-order valence-electron chi connectivity index (χ2n) is 1.97. The minimum Gasteiger partial charge on any atom is -0.305 e. The number of halogens is 1. The van der Waals surface area contributed by atoms with Crippen molar-refractivity contribution >= 4 is 15.9 Å². The second kappa shape index (κ2) is 4.10. The first-order valence-electron chi connectivity index (χ1n) is 2.62. The lowest BCUT2D eigenvalue weighted by Crippen LogP contribution is -2.12. The molecule has 2 heteroatoms. The topological polar surface area (TPSA) is 3.24 Å². The van der Waals surface area contributed by atoms with Gasteiger partial charge in [0.15, 0.2) is 0 Å². The Balaban J connectivity index is 3.39. The van der Waals surface area contributed by atoms with Gasteiger partial charge in [0.1, 0.15) is 0 Å². The van der Waals surface area contributed by atoms with Gasteiger partial charge in [-0.05, 0) is 21.0 Å². The van der Waals surface area contributed by atoms with E-state index in [1.54, 1.807) is 0 Å². The molecule has 0 bridgehead atoms. The number of nitrogens with zero attached hydrogens (tertiary/aromatic N) is 1. The predicted molar refractivity (Wildman–Crippen MR) is 41.2 cm³/mol. The summed E-state index contributed by atoms with van der Waals surface area (Å²) in [4.78, 5) is 2.12. The number of hydrogen-bond donors (Lipinski definition) is 0. The molecule has 0 N–H and O–H groups in total. The van der Waals surface area contributed by atoms with E-state index in [9.17, 15) is 0 Å². The van der Waals surface area contributed by atoms with Crippen molar-refractivity contribution in [2.24, 2.45) is 0 Å². The summed E-state index contributed by atoms with van der Waals surface area (Å²) in [5, 5.41) is 0. The molecule has 0 fully saturated rings. The van der Waals surface area contributed by atoms with Crippen molar-refractivity contribution in [3.8, 4) is 0 Å². The van der Waals surface area contributed by atoms with Gasteiger partial charge in [0.25, 0.3) is 0 Å². The molecule has 0 amide bonds. The van der Waals surface area contributed by atoms with E-state index >= 15 is 0 Å². The van der Waals surface area contributed by atoms with Crippen LogP contribution < -0.4 is 0 Å². The zero-order chi connectivity index (χ0) is 6.57. The van der Waals surface area contributed by atoms with Crippen LogP contribution in [0.25, 0.3) is 0 Å². The first kappa shape index (κ1) is 8.18. The second-order valence-corrected chi connectivity index (χ2v) is 2.99. The fraction of sp³-hybridized carbons (Fsp3) is 0.667.